The number of aryl methyl sites for hydroxylation is 1. The Hall–Kier alpha value is -1.60. The van der Waals surface area contributed by atoms with Crippen molar-refractivity contribution < 1.29 is 10.1 Å². The van der Waals surface area contributed by atoms with Crippen LogP contribution in [0, 0.1) is 0 Å². The Kier molecular flexibility index (Phi) is 5.82. The molecule has 0 aliphatic rings. The van der Waals surface area contributed by atoms with E-state index < -0.39 is 0 Å². The Morgan fingerprint density at radius 3 is 3.05 bits per heavy atom. The van der Waals surface area contributed by atoms with E-state index in [2.05, 4.69) is 33.0 Å². The van der Waals surface area contributed by atoms with Crippen molar-refractivity contribution in [1.29, 1.82) is 0 Å². The second-order valence-electron chi connectivity index (χ2n) is 4.30. The number of benzene rings is 1. The lowest BCUT2D eigenvalue weighted by molar-refractivity contribution is -0.666. The highest BCUT2D eigenvalue weighted by molar-refractivity contribution is 7.99. The third kappa shape index (κ3) is 4.50. The van der Waals surface area contributed by atoms with Gasteiger partial charge in [0.25, 0.3) is 0 Å². The van der Waals surface area contributed by atoms with Gasteiger partial charge in [0, 0.05) is 12.6 Å². The molecule has 0 amide bonds. The summed E-state index contributed by atoms with van der Waals surface area (Å²) >= 11 is 1.67. The zero-order valence-corrected chi connectivity index (χ0v) is 12.6. The number of hydrogen-bond acceptors (Lipinski definition) is 5. The SMILES string of the molecule is CCOc1cccc(C[NH2+]CCSc2nnnn2C)c1. The molecule has 0 unspecified atom stereocenters. The normalized spacial score (nSPS) is 10.7. The van der Waals surface area contributed by atoms with E-state index in [9.17, 15) is 0 Å². The van der Waals surface area contributed by atoms with E-state index >= 15 is 0 Å². The van der Waals surface area contributed by atoms with Crippen molar-refractivity contribution in [3.63, 3.8) is 0 Å². The van der Waals surface area contributed by atoms with Crippen LogP contribution in [0.2, 0.25) is 0 Å². The summed E-state index contributed by atoms with van der Waals surface area (Å²) < 4.78 is 7.18. The second kappa shape index (κ2) is 7.86. The maximum Gasteiger partial charge on any atom is 0.209 e. The highest BCUT2D eigenvalue weighted by Gasteiger charge is 2.03. The summed E-state index contributed by atoms with van der Waals surface area (Å²) in [6.45, 7) is 4.68. The summed E-state index contributed by atoms with van der Waals surface area (Å²) in [6.07, 6.45) is 0. The molecule has 1 heterocycles. The van der Waals surface area contributed by atoms with Crippen LogP contribution in [-0.4, -0.2) is 39.1 Å². The quantitative estimate of drug-likeness (QED) is 0.566. The Morgan fingerprint density at radius 1 is 1.40 bits per heavy atom. The number of rotatable bonds is 8. The van der Waals surface area contributed by atoms with Crippen LogP contribution < -0.4 is 10.1 Å². The van der Waals surface area contributed by atoms with Gasteiger partial charge in [-0.05, 0) is 29.5 Å². The van der Waals surface area contributed by atoms with Gasteiger partial charge in [-0.25, -0.2) is 4.68 Å². The largest absolute Gasteiger partial charge is 0.494 e. The molecule has 0 bridgehead atoms. The highest BCUT2D eigenvalue weighted by atomic mass is 32.2. The van der Waals surface area contributed by atoms with Crippen molar-refractivity contribution in [2.24, 2.45) is 7.05 Å². The summed E-state index contributed by atoms with van der Waals surface area (Å²) in [5, 5.41) is 14.5. The third-order valence-electron chi connectivity index (χ3n) is 2.72. The molecule has 6 nitrogen and oxygen atoms in total. The maximum absolute atomic E-state index is 5.49. The van der Waals surface area contributed by atoms with E-state index in [-0.39, 0.29) is 0 Å². The highest BCUT2D eigenvalue weighted by Crippen LogP contribution is 2.12. The number of quaternary nitrogens is 1. The van der Waals surface area contributed by atoms with Crippen molar-refractivity contribution in [3.8, 4) is 5.75 Å². The molecule has 0 spiro atoms. The average molecular weight is 294 g/mol. The van der Waals surface area contributed by atoms with Crippen LogP contribution in [-0.2, 0) is 13.6 Å². The van der Waals surface area contributed by atoms with E-state index in [4.69, 9.17) is 4.74 Å². The molecule has 0 saturated heterocycles. The van der Waals surface area contributed by atoms with Crippen LogP contribution in [0.15, 0.2) is 29.4 Å². The van der Waals surface area contributed by atoms with Gasteiger partial charge in [0.15, 0.2) is 0 Å². The zero-order valence-electron chi connectivity index (χ0n) is 11.8. The van der Waals surface area contributed by atoms with Gasteiger partial charge in [-0.1, -0.05) is 23.9 Å². The summed E-state index contributed by atoms with van der Waals surface area (Å²) in [5.74, 6) is 1.93. The Morgan fingerprint density at radius 2 is 2.30 bits per heavy atom. The van der Waals surface area contributed by atoms with Crippen LogP contribution in [0.3, 0.4) is 0 Å². The van der Waals surface area contributed by atoms with Crippen LogP contribution in [0.1, 0.15) is 12.5 Å². The molecular formula is C13H20N5OS+. The predicted octanol–water partition coefficient (Wildman–Crippen LogP) is 0.464. The molecule has 2 rings (SSSR count). The van der Waals surface area contributed by atoms with Gasteiger partial charge in [0.05, 0.1) is 18.9 Å². The Balaban J connectivity index is 1.68. The summed E-state index contributed by atoms with van der Waals surface area (Å²) in [5.41, 5.74) is 1.28. The lowest BCUT2D eigenvalue weighted by atomic mass is 10.2. The first-order valence-electron chi connectivity index (χ1n) is 6.68. The monoisotopic (exact) mass is 294 g/mol. The van der Waals surface area contributed by atoms with Gasteiger partial charge in [0.1, 0.15) is 12.3 Å². The fourth-order valence-electron chi connectivity index (χ4n) is 1.77. The molecule has 7 heteroatoms. The molecule has 2 aromatic rings. The van der Waals surface area contributed by atoms with E-state index in [1.165, 1.54) is 5.56 Å². The minimum Gasteiger partial charge on any atom is -0.494 e. The van der Waals surface area contributed by atoms with Crippen molar-refractivity contribution in [3.05, 3.63) is 29.8 Å². The molecule has 1 aromatic carbocycles. The van der Waals surface area contributed by atoms with Gasteiger partial charge in [-0.2, -0.15) is 0 Å². The molecule has 0 radical (unpaired) electrons. The van der Waals surface area contributed by atoms with E-state index in [0.29, 0.717) is 6.61 Å². The second-order valence-corrected chi connectivity index (χ2v) is 5.36. The van der Waals surface area contributed by atoms with Crippen LogP contribution in [0.25, 0.3) is 0 Å². The minimum absolute atomic E-state index is 0.704. The number of nitrogens with two attached hydrogens (primary N) is 1. The lowest BCUT2D eigenvalue weighted by Crippen LogP contribution is -2.83. The third-order valence-corrected chi connectivity index (χ3v) is 3.77. The molecule has 108 valence electrons. The molecule has 0 aliphatic heterocycles. The van der Waals surface area contributed by atoms with E-state index in [1.54, 1.807) is 16.4 Å². The number of aromatic nitrogens is 4. The fourth-order valence-corrected chi connectivity index (χ4v) is 2.56. The van der Waals surface area contributed by atoms with Crippen LogP contribution in [0.5, 0.6) is 5.75 Å². The number of nitrogens with zero attached hydrogens (tertiary/aromatic N) is 4. The summed E-state index contributed by atoms with van der Waals surface area (Å²) in [6, 6.07) is 8.25. The van der Waals surface area contributed by atoms with Gasteiger partial charge in [-0.3, -0.25) is 0 Å². The van der Waals surface area contributed by atoms with E-state index in [1.807, 2.05) is 26.1 Å². The topological polar surface area (TPSA) is 69.4 Å². The van der Waals surface area contributed by atoms with Gasteiger partial charge >= 0.3 is 0 Å². The first kappa shape index (κ1) is 14.8. The van der Waals surface area contributed by atoms with Crippen LogP contribution in [0.4, 0.5) is 0 Å². The summed E-state index contributed by atoms with van der Waals surface area (Å²) in [4.78, 5) is 0. The van der Waals surface area contributed by atoms with Crippen molar-refractivity contribution in [2.75, 3.05) is 18.9 Å². The average Bonchev–Trinajstić information content (AvgIpc) is 2.85. The molecule has 20 heavy (non-hydrogen) atoms. The van der Waals surface area contributed by atoms with Crippen molar-refractivity contribution in [1.82, 2.24) is 20.2 Å². The van der Waals surface area contributed by atoms with Gasteiger partial charge in [-0.15, -0.1) is 5.10 Å². The Bertz CT molecular complexity index is 531. The van der Waals surface area contributed by atoms with Crippen molar-refractivity contribution >= 4 is 11.8 Å². The first-order valence-corrected chi connectivity index (χ1v) is 7.66. The molecule has 0 saturated carbocycles. The molecular weight excluding hydrogens is 274 g/mol. The minimum atomic E-state index is 0.704. The smallest absolute Gasteiger partial charge is 0.209 e. The standard InChI is InChI=1S/C13H19N5OS/c1-3-19-12-6-4-5-11(9-12)10-14-7-8-20-13-15-16-17-18(13)2/h4-6,9,14H,3,7-8,10H2,1-2H3/p+1. The number of thioether (sulfide) groups is 1. The number of tetrazole rings is 1. The molecule has 0 aliphatic carbocycles. The van der Waals surface area contributed by atoms with Crippen molar-refractivity contribution in [2.45, 2.75) is 18.6 Å². The predicted molar refractivity (Wildman–Crippen MR) is 77.6 cm³/mol. The van der Waals surface area contributed by atoms with Gasteiger partial charge < -0.3 is 10.1 Å². The lowest BCUT2D eigenvalue weighted by Gasteiger charge is -2.05. The summed E-state index contributed by atoms with van der Waals surface area (Å²) in [7, 11) is 1.85. The molecule has 0 atom stereocenters. The fraction of sp³-hybridized carbons (Fsp3) is 0.462. The maximum atomic E-state index is 5.49. The van der Waals surface area contributed by atoms with E-state index in [0.717, 1.165) is 29.7 Å². The molecule has 2 N–H and O–H groups in total. The zero-order chi connectivity index (χ0) is 14.2. The Labute approximate surface area is 122 Å². The number of ether oxygens (including phenoxy) is 1. The molecule has 1 aromatic heterocycles. The molecule has 0 fully saturated rings. The number of hydrogen-bond donors (Lipinski definition) is 1. The van der Waals surface area contributed by atoms with Gasteiger partial charge in [0.2, 0.25) is 5.16 Å². The first-order chi connectivity index (χ1) is 9.79. The van der Waals surface area contributed by atoms with Crippen LogP contribution >= 0.6 is 11.8 Å².